The van der Waals surface area contributed by atoms with Gasteiger partial charge in [0.15, 0.2) is 0 Å². The van der Waals surface area contributed by atoms with Gasteiger partial charge in [0.1, 0.15) is 5.78 Å². The molecule has 0 aliphatic rings. The Bertz CT molecular complexity index is 792. The number of carbonyl (C=O) groups excluding carboxylic acids is 5. The fraction of sp³-hybridized carbons (Fsp3) is 0.806. The van der Waals surface area contributed by atoms with E-state index in [1.165, 1.54) is 55.6 Å². The molecule has 0 fully saturated rings. The maximum absolute atomic E-state index is 11.5. The Balaban J connectivity index is -0.0000000401. The minimum absolute atomic E-state index is 0. The zero-order valence-electron chi connectivity index (χ0n) is 37.3. The van der Waals surface area contributed by atoms with Crippen molar-refractivity contribution >= 4 is 133 Å². The molecule has 0 aliphatic carbocycles. The molecular formula is C31H72Ba2N6O7. The van der Waals surface area contributed by atoms with Crippen LogP contribution < -0.4 is 11.5 Å². The maximum atomic E-state index is 11.5. The molecule has 0 heterocycles. The van der Waals surface area contributed by atoms with Gasteiger partial charge in [0.25, 0.3) is 5.97 Å². The van der Waals surface area contributed by atoms with E-state index in [1.54, 1.807) is 47.8 Å². The standard InChI is InChI=1S/2C12H24N2O2.C3H6O.C2H4O2.2CH5N.2Ba.4H/c2*1-9(15)13(7)11(3,4)12(5,6)14(8)10(2)16;1-3(2)4;1-2(3)4;2*1-2;;;;;;/h2*1-8H3;1-2H3;1H3,(H,3,4);2*2H2,1H3;;;;;;/q;;;;;;2*+2;4*-1. The summed E-state index contributed by atoms with van der Waals surface area (Å²) in [7, 11) is 10.0. The Hall–Kier alpha value is 0.0829. The Morgan fingerprint density at radius 1 is 0.435 bits per heavy atom. The van der Waals surface area contributed by atoms with Gasteiger partial charge in [-0.3, -0.25) is 24.0 Å². The van der Waals surface area contributed by atoms with Gasteiger partial charge in [-0.25, -0.2) is 0 Å². The molecule has 272 valence electrons. The number of carbonyl (C=O) groups is 6. The van der Waals surface area contributed by atoms with Crippen molar-refractivity contribution in [3.05, 3.63) is 0 Å². The van der Waals surface area contributed by atoms with E-state index in [4.69, 9.17) is 9.90 Å². The predicted octanol–water partition coefficient (Wildman–Crippen LogP) is 2.52. The van der Waals surface area contributed by atoms with Gasteiger partial charge in [0.05, 0.1) is 22.2 Å². The summed E-state index contributed by atoms with van der Waals surface area (Å²) < 4.78 is 0. The molecule has 5 N–H and O–H groups in total. The molecule has 15 heteroatoms. The van der Waals surface area contributed by atoms with E-state index in [2.05, 4.69) is 11.5 Å². The van der Waals surface area contributed by atoms with E-state index in [-0.39, 0.29) is 133 Å². The molecule has 13 nitrogen and oxygen atoms in total. The van der Waals surface area contributed by atoms with Crippen LogP contribution in [0.4, 0.5) is 0 Å². The first kappa shape index (κ1) is 64.6. The van der Waals surface area contributed by atoms with Gasteiger partial charge in [0, 0.05) is 62.8 Å². The third-order valence-corrected chi connectivity index (χ3v) is 8.24. The van der Waals surface area contributed by atoms with E-state index in [9.17, 15) is 24.0 Å². The van der Waals surface area contributed by atoms with Crippen LogP contribution in [0.1, 0.15) is 110 Å². The third-order valence-electron chi connectivity index (χ3n) is 8.24. The average Bonchev–Trinajstić information content (AvgIpc) is 2.88. The third kappa shape index (κ3) is 24.3. The van der Waals surface area contributed by atoms with Crippen molar-refractivity contribution in [3.8, 4) is 0 Å². The van der Waals surface area contributed by atoms with E-state index in [0.29, 0.717) is 0 Å². The number of amides is 4. The minimum Gasteiger partial charge on any atom is -1.00 e. The van der Waals surface area contributed by atoms with Gasteiger partial charge >= 0.3 is 97.8 Å². The molecule has 0 aromatic carbocycles. The van der Waals surface area contributed by atoms with Gasteiger partial charge in [-0.05, 0) is 83.3 Å². The number of ketones is 1. The largest absolute Gasteiger partial charge is 2.00 e. The van der Waals surface area contributed by atoms with Crippen LogP contribution in [0, 0.1) is 0 Å². The van der Waals surface area contributed by atoms with E-state index >= 15 is 0 Å². The van der Waals surface area contributed by atoms with Crippen LogP contribution in [-0.4, -0.2) is 222 Å². The SMILES string of the molecule is CC(=O)N(C)C(C)(C)C(C)(C)N(C)C(C)=O.CC(=O)N(C)C(C)(C)C(C)(C)N(C)C(C)=O.CC(=O)O.CC(C)=O.CN.CN.[Ba+2].[Ba+2].[H-].[H-].[H-].[H-]. The van der Waals surface area contributed by atoms with E-state index in [1.807, 2.05) is 55.4 Å². The normalized spacial score (nSPS) is 9.89. The number of aliphatic carboxylic acids is 1. The van der Waals surface area contributed by atoms with Crippen molar-refractivity contribution in [2.45, 2.75) is 126 Å². The van der Waals surface area contributed by atoms with Crippen LogP contribution in [0.3, 0.4) is 0 Å². The van der Waals surface area contributed by atoms with Crippen molar-refractivity contribution < 1.29 is 39.6 Å². The van der Waals surface area contributed by atoms with Gasteiger partial charge in [-0.1, -0.05) is 0 Å². The Morgan fingerprint density at radius 2 is 0.500 bits per heavy atom. The minimum atomic E-state index is -0.833. The van der Waals surface area contributed by atoms with Gasteiger partial charge < -0.3 is 46.7 Å². The Morgan fingerprint density at radius 3 is 0.543 bits per heavy atom. The average molecular weight is 916 g/mol. The number of nitrogens with two attached hydrogens (primary N) is 2. The van der Waals surface area contributed by atoms with Gasteiger partial charge in [0.2, 0.25) is 23.6 Å². The van der Waals surface area contributed by atoms with Crippen LogP contribution in [0.15, 0.2) is 0 Å². The monoisotopic (exact) mass is 916 g/mol. The molecule has 4 amide bonds. The van der Waals surface area contributed by atoms with Crippen LogP contribution >= 0.6 is 0 Å². The smallest absolute Gasteiger partial charge is 1.00 e. The fourth-order valence-electron chi connectivity index (χ4n) is 3.22. The number of nitrogens with zero attached hydrogens (tertiary/aromatic N) is 4. The summed E-state index contributed by atoms with van der Waals surface area (Å²) in [5.74, 6) is -0.685. The molecule has 0 radical (unpaired) electrons. The van der Waals surface area contributed by atoms with Crippen LogP contribution in [-0.2, 0) is 28.8 Å². The molecule has 0 aliphatic heterocycles. The summed E-state index contributed by atoms with van der Waals surface area (Å²) >= 11 is 0. The molecule has 0 spiro atoms. The molecule has 0 saturated carbocycles. The zero-order chi connectivity index (χ0) is 37.8. The van der Waals surface area contributed by atoms with Crippen LogP contribution in [0.5, 0.6) is 0 Å². The second kappa shape index (κ2) is 30.0. The molecule has 0 saturated heterocycles. The fourth-order valence-corrected chi connectivity index (χ4v) is 3.22. The van der Waals surface area contributed by atoms with Crippen molar-refractivity contribution in [1.29, 1.82) is 0 Å². The maximum Gasteiger partial charge on any atom is 2.00 e. The predicted molar refractivity (Wildman–Crippen MR) is 196 cm³/mol. The summed E-state index contributed by atoms with van der Waals surface area (Å²) in [5.41, 5.74) is 7.27. The summed E-state index contributed by atoms with van der Waals surface area (Å²) in [4.78, 5) is 70.9. The van der Waals surface area contributed by atoms with Crippen LogP contribution in [0.25, 0.3) is 0 Å². The summed E-state index contributed by atoms with van der Waals surface area (Å²) in [6.45, 7) is 26.0. The van der Waals surface area contributed by atoms with Crippen molar-refractivity contribution in [3.63, 3.8) is 0 Å². The zero-order valence-corrected chi connectivity index (χ0v) is 42.1. The summed E-state index contributed by atoms with van der Waals surface area (Å²) in [6.07, 6.45) is 0. The summed E-state index contributed by atoms with van der Waals surface area (Å²) in [6, 6.07) is 0. The number of likely N-dealkylation sites (N-methyl/N-ethyl adjacent to an activating group) is 4. The number of hydrogen-bond donors (Lipinski definition) is 3. The first-order valence-corrected chi connectivity index (χ1v) is 14.2. The molecule has 0 rings (SSSR count). The number of carboxylic acids is 1. The van der Waals surface area contributed by atoms with Gasteiger partial charge in [-0.15, -0.1) is 0 Å². The second-order valence-electron chi connectivity index (χ2n) is 12.0. The molecule has 0 atom stereocenters. The van der Waals surface area contributed by atoms with Crippen LogP contribution in [0.2, 0.25) is 0 Å². The topological polar surface area (TPSA) is 188 Å². The molecule has 0 bridgehead atoms. The second-order valence-corrected chi connectivity index (χ2v) is 12.0. The molecule has 0 unspecified atom stereocenters. The number of rotatable bonds is 6. The summed E-state index contributed by atoms with van der Waals surface area (Å²) in [5, 5.41) is 7.42. The van der Waals surface area contributed by atoms with E-state index in [0.717, 1.165) is 6.92 Å². The van der Waals surface area contributed by atoms with Crippen molar-refractivity contribution in [2.75, 3.05) is 42.3 Å². The Kier molecular flexibility index (Phi) is 42.1. The molecule has 0 aromatic rings. The first-order chi connectivity index (χ1) is 19.4. The molecule has 46 heavy (non-hydrogen) atoms. The molecular weight excluding hydrogens is 843 g/mol. The number of hydrogen-bond acceptors (Lipinski definition) is 8. The molecule has 0 aromatic heterocycles. The van der Waals surface area contributed by atoms with Crippen molar-refractivity contribution in [2.24, 2.45) is 11.5 Å². The van der Waals surface area contributed by atoms with Gasteiger partial charge in [-0.2, -0.15) is 0 Å². The Labute approximate surface area is 367 Å². The number of Topliss-reactive ketones (excluding diaryl/α,β-unsaturated/α-hetero) is 1. The quantitative estimate of drug-likeness (QED) is 0.337. The number of carboxylic acid groups (broad SMARTS) is 1. The first-order valence-electron chi connectivity index (χ1n) is 14.2. The van der Waals surface area contributed by atoms with E-state index < -0.39 is 28.1 Å². The van der Waals surface area contributed by atoms with Crippen molar-refractivity contribution in [1.82, 2.24) is 19.6 Å².